The Bertz CT molecular complexity index is 1010. The molecule has 1 aromatic heterocycles. The summed E-state index contributed by atoms with van der Waals surface area (Å²) in [6.07, 6.45) is 0. The van der Waals surface area contributed by atoms with Gasteiger partial charge in [-0.25, -0.2) is 4.98 Å². The zero-order chi connectivity index (χ0) is 20.9. The molecule has 0 unspecified atom stereocenters. The van der Waals surface area contributed by atoms with Gasteiger partial charge in [0.1, 0.15) is 11.6 Å². The third-order valence-electron chi connectivity index (χ3n) is 5.54. The molecule has 1 aliphatic heterocycles. The van der Waals surface area contributed by atoms with E-state index >= 15 is 0 Å². The van der Waals surface area contributed by atoms with Crippen LogP contribution in [0, 0.1) is 6.92 Å². The molecule has 0 spiro atoms. The summed E-state index contributed by atoms with van der Waals surface area (Å²) >= 11 is 0. The maximum atomic E-state index is 12.3. The van der Waals surface area contributed by atoms with Crippen molar-refractivity contribution >= 4 is 28.3 Å². The van der Waals surface area contributed by atoms with Gasteiger partial charge in [0.25, 0.3) is 5.91 Å². The zero-order valence-electron chi connectivity index (χ0n) is 17.6. The number of hydrogen-bond donors (Lipinski definition) is 1. The highest BCUT2D eigenvalue weighted by atomic mass is 16.5. The van der Waals surface area contributed by atoms with Crippen molar-refractivity contribution < 1.29 is 9.53 Å². The molecule has 1 saturated heterocycles. The molecule has 2 heterocycles. The molecule has 30 heavy (non-hydrogen) atoms. The Hall–Kier alpha value is -3.12. The lowest BCUT2D eigenvalue weighted by atomic mass is 10.1. The van der Waals surface area contributed by atoms with Gasteiger partial charge in [-0.1, -0.05) is 25.1 Å². The lowest BCUT2D eigenvalue weighted by molar-refractivity contribution is -0.118. The number of hydrogen-bond acceptors (Lipinski definition) is 5. The van der Waals surface area contributed by atoms with Gasteiger partial charge in [-0.3, -0.25) is 4.79 Å². The van der Waals surface area contributed by atoms with E-state index in [-0.39, 0.29) is 12.5 Å². The molecule has 0 aliphatic carbocycles. The Morgan fingerprint density at radius 2 is 1.83 bits per heavy atom. The molecule has 156 valence electrons. The SMILES string of the molecule is CCN1CCN(c2cc(C)c3cc(NC(=O)COc4ccccc4)ccc3n2)CC1. The van der Waals surface area contributed by atoms with E-state index in [9.17, 15) is 4.79 Å². The standard InChI is InChI=1S/C24H28N4O2/c1-3-27-11-13-28(14-12-27)23-15-18(2)21-16-19(9-10-22(21)26-23)25-24(29)17-30-20-7-5-4-6-8-20/h4-10,15-16H,3,11-14,17H2,1-2H3,(H,25,29). The Balaban J connectivity index is 1.44. The van der Waals surface area contributed by atoms with E-state index in [4.69, 9.17) is 9.72 Å². The number of fused-ring (bicyclic) bond motifs is 1. The smallest absolute Gasteiger partial charge is 0.262 e. The van der Waals surface area contributed by atoms with Crippen LogP contribution < -0.4 is 15.0 Å². The quantitative estimate of drug-likeness (QED) is 0.679. The highest BCUT2D eigenvalue weighted by Crippen LogP contribution is 2.26. The van der Waals surface area contributed by atoms with Gasteiger partial charge in [0.05, 0.1) is 5.52 Å². The fourth-order valence-electron chi connectivity index (χ4n) is 3.77. The molecule has 1 N–H and O–H groups in total. The van der Waals surface area contributed by atoms with Gasteiger partial charge < -0.3 is 19.9 Å². The van der Waals surface area contributed by atoms with Crippen LogP contribution in [0.5, 0.6) is 5.75 Å². The van der Waals surface area contributed by atoms with E-state index in [2.05, 4.69) is 35.0 Å². The summed E-state index contributed by atoms with van der Waals surface area (Å²) in [5.74, 6) is 1.52. The first-order valence-corrected chi connectivity index (χ1v) is 10.5. The van der Waals surface area contributed by atoms with Gasteiger partial charge >= 0.3 is 0 Å². The van der Waals surface area contributed by atoms with Crippen LogP contribution in [-0.4, -0.2) is 55.1 Å². The van der Waals surface area contributed by atoms with Crippen molar-refractivity contribution in [1.82, 2.24) is 9.88 Å². The summed E-state index contributed by atoms with van der Waals surface area (Å²) in [5, 5.41) is 3.96. The lowest BCUT2D eigenvalue weighted by Gasteiger charge is -2.35. The molecular weight excluding hydrogens is 376 g/mol. The number of ether oxygens (including phenoxy) is 1. The van der Waals surface area contributed by atoms with Gasteiger partial charge in [0, 0.05) is 37.3 Å². The molecule has 0 radical (unpaired) electrons. The molecular formula is C24H28N4O2. The number of carbonyl (C=O) groups excluding carboxylic acids is 1. The number of rotatable bonds is 6. The summed E-state index contributed by atoms with van der Waals surface area (Å²) in [7, 11) is 0. The van der Waals surface area contributed by atoms with Gasteiger partial charge in [-0.15, -0.1) is 0 Å². The molecule has 0 saturated carbocycles. The topological polar surface area (TPSA) is 57.7 Å². The minimum atomic E-state index is -0.186. The van der Waals surface area contributed by atoms with Crippen molar-refractivity contribution in [2.24, 2.45) is 0 Å². The van der Waals surface area contributed by atoms with E-state index in [1.165, 1.54) is 0 Å². The summed E-state index contributed by atoms with van der Waals surface area (Å²) in [4.78, 5) is 21.9. The number of benzene rings is 2. The number of para-hydroxylation sites is 1. The summed E-state index contributed by atoms with van der Waals surface area (Å²) < 4.78 is 5.52. The molecule has 0 atom stereocenters. The molecule has 1 fully saturated rings. The first-order chi connectivity index (χ1) is 14.6. The number of likely N-dealkylation sites (N-methyl/N-ethyl adjacent to an activating group) is 1. The third-order valence-corrected chi connectivity index (χ3v) is 5.54. The number of nitrogens with zero attached hydrogens (tertiary/aromatic N) is 3. The van der Waals surface area contributed by atoms with Crippen molar-refractivity contribution in [3.05, 3.63) is 60.2 Å². The molecule has 6 nitrogen and oxygen atoms in total. The molecule has 6 heteroatoms. The number of anilines is 2. The highest BCUT2D eigenvalue weighted by molar-refractivity contribution is 5.95. The fourth-order valence-corrected chi connectivity index (χ4v) is 3.77. The van der Waals surface area contributed by atoms with Crippen molar-refractivity contribution in [3.63, 3.8) is 0 Å². The third kappa shape index (κ3) is 4.71. The monoisotopic (exact) mass is 404 g/mol. The predicted octanol–water partition coefficient (Wildman–Crippen LogP) is 3.70. The van der Waals surface area contributed by atoms with Crippen molar-refractivity contribution in [3.8, 4) is 5.75 Å². The second kappa shape index (κ2) is 9.13. The number of aromatic nitrogens is 1. The maximum absolute atomic E-state index is 12.3. The Morgan fingerprint density at radius 3 is 2.57 bits per heavy atom. The van der Waals surface area contributed by atoms with Crippen LogP contribution >= 0.6 is 0 Å². The van der Waals surface area contributed by atoms with Crippen LogP contribution in [0.1, 0.15) is 12.5 Å². The molecule has 1 aliphatic rings. The van der Waals surface area contributed by atoms with Gasteiger partial charge in [-0.2, -0.15) is 0 Å². The number of aryl methyl sites for hydroxylation is 1. The second-order valence-electron chi connectivity index (χ2n) is 7.60. The van der Waals surface area contributed by atoms with Gasteiger partial charge in [0.2, 0.25) is 0 Å². The van der Waals surface area contributed by atoms with E-state index < -0.39 is 0 Å². The molecule has 1 amide bonds. The van der Waals surface area contributed by atoms with Crippen LogP contribution in [0.25, 0.3) is 10.9 Å². The Kier molecular flexibility index (Phi) is 6.14. The summed E-state index contributed by atoms with van der Waals surface area (Å²) in [5.41, 5.74) is 2.85. The van der Waals surface area contributed by atoms with Gasteiger partial charge in [-0.05, 0) is 55.4 Å². The van der Waals surface area contributed by atoms with E-state index in [0.29, 0.717) is 5.75 Å². The second-order valence-corrected chi connectivity index (χ2v) is 7.60. The average molecular weight is 405 g/mol. The molecule has 4 rings (SSSR count). The number of piperazine rings is 1. The zero-order valence-corrected chi connectivity index (χ0v) is 17.6. The van der Waals surface area contributed by atoms with E-state index in [0.717, 1.165) is 60.7 Å². The van der Waals surface area contributed by atoms with Crippen molar-refractivity contribution in [2.75, 3.05) is 49.5 Å². The first kappa shape index (κ1) is 20.2. The highest BCUT2D eigenvalue weighted by Gasteiger charge is 2.18. The average Bonchev–Trinajstić information content (AvgIpc) is 2.79. The minimum absolute atomic E-state index is 0.0258. The summed E-state index contributed by atoms with van der Waals surface area (Å²) in [6.45, 7) is 9.53. The molecule has 0 bridgehead atoms. The summed E-state index contributed by atoms with van der Waals surface area (Å²) in [6, 6.07) is 17.3. The number of nitrogens with one attached hydrogen (secondary N) is 1. The fraction of sp³-hybridized carbons (Fsp3) is 0.333. The molecule has 3 aromatic rings. The van der Waals surface area contributed by atoms with Crippen molar-refractivity contribution in [2.45, 2.75) is 13.8 Å². The molecule has 2 aromatic carbocycles. The number of carbonyl (C=O) groups is 1. The number of pyridine rings is 1. The Morgan fingerprint density at radius 1 is 1.07 bits per heavy atom. The Labute approximate surface area is 177 Å². The predicted molar refractivity (Wildman–Crippen MR) is 121 cm³/mol. The van der Waals surface area contributed by atoms with E-state index in [1.54, 1.807) is 0 Å². The van der Waals surface area contributed by atoms with Crippen LogP contribution in [0.2, 0.25) is 0 Å². The van der Waals surface area contributed by atoms with Gasteiger partial charge in [0.15, 0.2) is 6.61 Å². The van der Waals surface area contributed by atoms with Crippen LogP contribution in [-0.2, 0) is 4.79 Å². The lowest BCUT2D eigenvalue weighted by Crippen LogP contribution is -2.46. The van der Waals surface area contributed by atoms with Crippen LogP contribution in [0.15, 0.2) is 54.6 Å². The van der Waals surface area contributed by atoms with Crippen LogP contribution in [0.4, 0.5) is 11.5 Å². The van der Waals surface area contributed by atoms with E-state index in [1.807, 2.05) is 48.5 Å². The van der Waals surface area contributed by atoms with Crippen molar-refractivity contribution in [1.29, 1.82) is 0 Å². The first-order valence-electron chi connectivity index (χ1n) is 10.5. The minimum Gasteiger partial charge on any atom is -0.484 e. The maximum Gasteiger partial charge on any atom is 0.262 e. The largest absolute Gasteiger partial charge is 0.484 e. The number of amides is 1. The van der Waals surface area contributed by atoms with Crippen LogP contribution in [0.3, 0.4) is 0 Å². The normalized spacial score (nSPS) is 14.7.